The normalized spacial score (nSPS) is 11.2. The van der Waals surface area contributed by atoms with Crippen molar-refractivity contribution in [1.29, 1.82) is 0 Å². The Labute approximate surface area is 64.5 Å². The van der Waals surface area contributed by atoms with Crippen LogP contribution in [-0.4, -0.2) is 21.5 Å². The Morgan fingerprint density at radius 1 is 1.38 bits per heavy atom. The number of hydrogen-bond acceptors (Lipinski definition) is 1. The zero-order valence-corrected chi connectivity index (χ0v) is 8.48. The van der Waals surface area contributed by atoms with Crippen LogP contribution in [0.15, 0.2) is 0 Å². The second kappa shape index (κ2) is 7.91. The fourth-order valence-corrected chi connectivity index (χ4v) is 3.45. The molecule has 2 heteroatoms. The number of hydrogen-bond donors (Lipinski definition) is 1. The van der Waals surface area contributed by atoms with E-state index in [9.17, 15) is 0 Å². The molecule has 0 heterocycles. The van der Waals surface area contributed by atoms with E-state index in [-0.39, 0.29) is 0 Å². The second-order valence-corrected chi connectivity index (χ2v) is 5.42. The van der Waals surface area contributed by atoms with Gasteiger partial charge in [0.25, 0.3) is 0 Å². The Bertz CT molecular complexity index is 33.5. The van der Waals surface area contributed by atoms with Crippen LogP contribution in [0.25, 0.3) is 0 Å². The Kier molecular flexibility index (Phi) is 8.81. The van der Waals surface area contributed by atoms with Crippen molar-refractivity contribution in [1.82, 2.24) is 0 Å². The molecule has 8 heavy (non-hydrogen) atoms. The summed E-state index contributed by atoms with van der Waals surface area (Å²) in [4.78, 5) is 0. The summed E-state index contributed by atoms with van der Waals surface area (Å²) in [7, 11) is 0. The molecule has 0 amide bonds. The minimum atomic E-state index is 0.429. The summed E-state index contributed by atoms with van der Waals surface area (Å²) in [5, 5.41) is 2.94. The molecule has 0 radical (unpaired) electrons. The predicted molar refractivity (Wildman–Crippen MR) is 45.5 cm³/mol. The molecule has 0 saturated carbocycles. The summed E-state index contributed by atoms with van der Waals surface area (Å²) in [6.45, 7) is 2.26. The Balaban J connectivity index is 2.53. The molecule has 1 unspecified atom stereocenters. The average molecular weight is 194 g/mol. The van der Waals surface area contributed by atoms with Gasteiger partial charge in [0.15, 0.2) is 0 Å². The van der Waals surface area contributed by atoms with E-state index in [1.54, 1.807) is 0 Å². The summed E-state index contributed by atoms with van der Waals surface area (Å²) >= 11 is 4.58. The molecule has 0 nitrogen and oxygen atoms in total. The van der Waals surface area contributed by atoms with Gasteiger partial charge in [0, 0.05) is 0 Å². The molecule has 0 bridgehead atoms. The minimum absolute atomic E-state index is 0.429. The monoisotopic (exact) mass is 194 g/mol. The molecule has 1 atom stereocenters. The van der Waals surface area contributed by atoms with Crippen LogP contribution in [0.3, 0.4) is 0 Å². The van der Waals surface area contributed by atoms with Gasteiger partial charge in [0.2, 0.25) is 0 Å². The molecule has 0 fully saturated rings. The Hall–Kier alpha value is 0.908. The van der Waals surface area contributed by atoms with Crippen molar-refractivity contribution >= 4 is 28.4 Å². The van der Waals surface area contributed by atoms with Crippen molar-refractivity contribution in [3.8, 4) is 0 Å². The van der Waals surface area contributed by atoms with Crippen molar-refractivity contribution in [3.05, 3.63) is 0 Å². The van der Waals surface area contributed by atoms with Crippen LogP contribution in [-0.2, 0) is 0 Å². The molecule has 0 aliphatic rings. The molecule has 0 aliphatic heterocycles. The van der Waals surface area contributed by atoms with Crippen molar-refractivity contribution in [2.24, 2.45) is 0 Å². The second-order valence-electron chi connectivity index (χ2n) is 1.83. The summed E-state index contributed by atoms with van der Waals surface area (Å²) < 4.78 is 0. The van der Waals surface area contributed by atoms with Crippen LogP contribution in [0.2, 0.25) is 10.4 Å². The molecule has 0 spiro atoms. The first kappa shape index (κ1) is 8.91. The van der Waals surface area contributed by atoms with Crippen LogP contribution in [0, 0.1) is 0 Å². The maximum atomic E-state index is 4.15. The van der Waals surface area contributed by atoms with E-state index >= 15 is 0 Å². The SMILES string of the molecule is CCCC[AsH]CCS. The Morgan fingerprint density at radius 3 is 2.62 bits per heavy atom. The van der Waals surface area contributed by atoms with Gasteiger partial charge in [-0.1, -0.05) is 0 Å². The zero-order chi connectivity index (χ0) is 6.24. The van der Waals surface area contributed by atoms with Crippen LogP contribution in [0.5, 0.6) is 0 Å². The van der Waals surface area contributed by atoms with Gasteiger partial charge in [0.05, 0.1) is 0 Å². The van der Waals surface area contributed by atoms with E-state index in [2.05, 4.69) is 19.6 Å². The molecule has 50 valence electrons. The van der Waals surface area contributed by atoms with Gasteiger partial charge < -0.3 is 0 Å². The van der Waals surface area contributed by atoms with Crippen LogP contribution in [0.1, 0.15) is 19.8 Å². The molecule has 0 N–H and O–H groups in total. The van der Waals surface area contributed by atoms with Gasteiger partial charge in [-0.3, -0.25) is 0 Å². The average Bonchev–Trinajstić information content (AvgIpc) is 1.81. The zero-order valence-electron chi connectivity index (χ0n) is 5.48. The third kappa shape index (κ3) is 6.91. The molecule has 0 aromatic rings. The predicted octanol–water partition coefficient (Wildman–Crippen LogP) is 1.99. The molecular weight excluding hydrogens is 179 g/mol. The van der Waals surface area contributed by atoms with Crippen LogP contribution < -0.4 is 0 Å². The van der Waals surface area contributed by atoms with Crippen molar-refractivity contribution in [2.45, 2.75) is 30.2 Å². The van der Waals surface area contributed by atoms with Crippen LogP contribution in [0.4, 0.5) is 0 Å². The van der Waals surface area contributed by atoms with E-state index in [1.807, 2.05) is 0 Å². The van der Waals surface area contributed by atoms with E-state index in [1.165, 1.54) is 23.3 Å². The topological polar surface area (TPSA) is 0 Å². The summed E-state index contributed by atoms with van der Waals surface area (Å²) in [6, 6.07) is 0. The fraction of sp³-hybridized carbons (Fsp3) is 1.00. The van der Waals surface area contributed by atoms with Gasteiger partial charge >= 0.3 is 64.3 Å². The van der Waals surface area contributed by atoms with Gasteiger partial charge in [-0.2, -0.15) is 0 Å². The van der Waals surface area contributed by atoms with Crippen molar-refractivity contribution in [2.75, 3.05) is 5.75 Å². The molecular formula is C6H15AsS. The van der Waals surface area contributed by atoms with Crippen LogP contribution >= 0.6 is 12.6 Å². The summed E-state index contributed by atoms with van der Waals surface area (Å²) in [6.07, 6.45) is 2.82. The summed E-state index contributed by atoms with van der Waals surface area (Å²) in [5.74, 6) is 1.11. The van der Waals surface area contributed by atoms with Gasteiger partial charge in [0.1, 0.15) is 0 Å². The quantitative estimate of drug-likeness (QED) is 0.386. The Morgan fingerprint density at radius 2 is 2.12 bits per heavy atom. The molecule has 0 saturated heterocycles. The number of rotatable bonds is 5. The van der Waals surface area contributed by atoms with Crippen molar-refractivity contribution in [3.63, 3.8) is 0 Å². The van der Waals surface area contributed by atoms with Gasteiger partial charge in [-0.25, -0.2) is 0 Å². The fourth-order valence-electron chi connectivity index (χ4n) is 0.506. The van der Waals surface area contributed by atoms with Gasteiger partial charge in [-0.05, 0) is 0 Å². The molecule has 0 aromatic heterocycles. The third-order valence-corrected chi connectivity index (χ3v) is 4.85. The standard InChI is InChI=1S/C6H15AsS/c1-2-3-4-7-5-6-8/h7-8H,2-6H2,1H3. The van der Waals surface area contributed by atoms with E-state index in [0.717, 1.165) is 5.75 Å². The summed E-state index contributed by atoms with van der Waals surface area (Å²) in [5.41, 5.74) is 0. The van der Waals surface area contributed by atoms with E-state index in [4.69, 9.17) is 0 Å². The molecule has 0 aromatic carbocycles. The molecule has 0 aliphatic carbocycles. The maximum absolute atomic E-state index is 4.15. The first-order chi connectivity index (χ1) is 3.91. The first-order valence-corrected chi connectivity index (χ1v) is 6.83. The molecule has 0 rings (SSSR count). The first-order valence-electron chi connectivity index (χ1n) is 3.23. The van der Waals surface area contributed by atoms with Crippen molar-refractivity contribution < 1.29 is 0 Å². The third-order valence-electron chi connectivity index (χ3n) is 0.996. The number of thiol groups is 1. The van der Waals surface area contributed by atoms with Gasteiger partial charge in [-0.15, -0.1) is 0 Å². The number of unbranched alkanes of at least 4 members (excludes halogenated alkanes) is 1. The van der Waals surface area contributed by atoms with E-state index < -0.39 is 0 Å². The van der Waals surface area contributed by atoms with E-state index in [0.29, 0.717) is 15.8 Å².